The first kappa shape index (κ1) is 13.5. The van der Waals surface area contributed by atoms with Gasteiger partial charge in [0.1, 0.15) is 16.6 Å². The second-order valence-corrected chi connectivity index (χ2v) is 5.51. The normalized spacial score (nSPS) is 12.1. The molecule has 112 valence electrons. The Bertz CT molecular complexity index is 1100. The quantitative estimate of drug-likeness (QED) is 0.422. The zero-order valence-corrected chi connectivity index (χ0v) is 12.5. The number of hydrogen-bond donors (Lipinski definition) is 1. The lowest BCUT2D eigenvalue weighted by Crippen LogP contribution is -2.04. The van der Waals surface area contributed by atoms with Crippen LogP contribution >= 0.6 is 0 Å². The first-order valence-corrected chi connectivity index (χ1v) is 7.32. The number of nitrogens with zero attached hydrogens (tertiary/aromatic N) is 2. The molecule has 0 fully saturated rings. The van der Waals surface area contributed by atoms with E-state index in [1.807, 2.05) is 61.7 Å². The van der Waals surface area contributed by atoms with Crippen LogP contribution in [0.1, 0.15) is 5.56 Å². The van der Waals surface area contributed by atoms with Gasteiger partial charge in [-0.1, -0.05) is 41.1 Å². The lowest BCUT2D eigenvalue weighted by molar-refractivity contribution is 0.302. The molecule has 0 saturated carbocycles. The fourth-order valence-electron chi connectivity index (χ4n) is 2.71. The van der Waals surface area contributed by atoms with Crippen LogP contribution in [0.2, 0.25) is 0 Å². The molecule has 2 aromatic heterocycles. The number of aryl methyl sites for hydroxylation is 1. The highest BCUT2D eigenvalue weighted by Crippen LogP contribution is 2.24. The minimum Gasteiger partial charge on any atom is -0.454 e. The Morgan fingerprint density at radius 3 is 2.65 bits per heavy atom. The van der Waals surface area contributed by atoms with E-state index in [-0.39, 0.29) is 0 Å². The Balaban J connectivity index is 1.99. The van der Waals surface area contributed by atoms with Crippen LogP contribution in [0.4, 0.5) is 0 Å². The first-order valence-electron chi connectivity index (χ1n) is 7.32. The van der Waals surface area contributed by atoms with E-state index in [1.165, 1.54) is 0 Å². The van der Waals surface area contributed by atoms with E-state index in [4.69, 9.17) is 4.42 Å². The summed E-state index contributed by atoms with van der Waals surface area (Å²) >= 11 is 0. The summed E-state index contributed by atoms with van der Waals surface area (Å²) in [5.41, 5.74) is 2.45. The van der Waals surface area contributed by atoms with Gasteiger partial charge in [0.15, 0.2) is 5.76 Å². The second kappa shape index (κ2) is 5.25. The molecule has 0 unspecified atom stereocenters. The topological polar surface area (TPSA) is 58.6 Å². The fourth-order valence-corrected chi connectivity index (χ4v) is 2.71. The zero-order chi connectivity index (χ0) is 15.8. The van der Waals surface area contributed by atoms with Gasteiger partial charge >= 0.3 is 0 Å². The molecule has 0 aliphatic heterocycles. The molecule has 1 N–H and O–H groups in total. The maximum Gasteiger partial charge on any atom is 0.155 e. The van der Waals surface area contributed by atoms with E-state index in [2.05, 4.69) is 10.1 Å². The van der Waals surface area contributed by atoms with E-state index in [1.54, 1.807) is 6.07 Å². The van der Waals surface area contributed by atoms with Gasteiger partial charge in [0.2, 0.25) is 0 Å². The summed E-state index contributed by atoms with van der Waals surface area (Å²) in [7, 11) is 0. The van der Waals surface area contributed by atoms with Crippen molar-refractivity contribution in [3.05, 3.63) is 71.7 Å². The van der Waals surface area contributed by atoms with Crippen molar-refractivity contribution in [1.29, 1.82) is 0 Å². The predicted molar refractivity (Wildman–Crippen MR) is 89.0 cm³/mol. The summed E-state index contributed by atoms with van der Waals surface area (Å²) in [5.74, 6) is 0.569. The second-order valence-electron chi connectivity index (χ2n) is 5.51. The summed E-state index contributed by atoms with van der Waals surface area (Å²) in [6.07, 6.45) is 1.81. The van der Waals surface area contributed by atoms with Crippen molar-refractivity contribution in [2.24, 2.45) is 5.16 Å². The minimum atomic E-state index is 0.472. The molecule has 4 nitrogen and oxygen atoms in total. The van der Waals surface area contributed by atoms with Gasteiger partial charge in [-0.25, -0.2) is 0 Å². The summed E-state index contributed by atoms with van der Waals surface area (Å²) in [5, 5.41) is 16.1. The average molecular weight is 302 g/mol. The molecule has 0 amide bonds. The largest absolute Gasteiger partial charge is 0.454 e. The fraction of sp³-hybridized carbons (Fsp3) is 0.0526. The number of hydrogen-bond acceptors (Lipinski definition) is 4. The van der Waals surface area contributed by atoms with Crippen molar-refractivity contribution in [3.63, 3.8) is 0 Å². The standard InChI is InChI=1S/C19H14N2O2/c1-12-6-7-18-15(8-12)16(21-22)10-19(23-18)17-9-13-4-2-3-5-14(13)11-20-17/h2-11,22H,1H3. The number of pyridine rings is 1. The molecule has 0 aliphatic rings. The molecule has 2 aromatic carbocycles. The van der Waals surface area contributed by atoms with Crippen molar-refractivity contribution in [1.82, 2.24) is 4.98 Å². The molecule has 4 aromatic rings. The molecule has 2 heterocycles. The van der Waals surface area contributed by atoms with Crippen LogP contribution in [0.15, 0.2) is 70.4 Å². The average Bonchev–Trinajstić information content (AvgIpc) is 2.60. The third kappa shape index (κ3) is 2.34. The van der Waals surface area contributed by atoms with Crippen molar-refractivity contribution in [3.8, 4) is 11.5 Å². The van der Waals surface area contributed by atoms with Crippen molar-refractivity contribution < 1.29 is 9.62 Å². The summed E-state index contributed by atoms with van der Waals surface area (Å²) in [6.45, 7) is 1.99. The van der Waals surface area contributed by atoms with E-state index < -0.39 is 0 Å². The highest BCUT2D eigenvalue weighted by Gasteiger charge is 2.08. The Hall–Kier alpha value is -3.14. The van der Waals surface area contributed by atoms with Crippen molar-refractivity contribution >= 4 is 21.7 Å². The molecule has 23 heavy (non-hydrogen) atoms. The molecule has 0 spiro atoms. The van der Waals surface area contributed by atoms with Crippen LogP contribution in [-0.4, -0.2) is 10.2 Å². The number of aromatic nitrogens is 1. The van der Waals surface area contributed by atoms with Crippen LogP contribution in [0.5, 0.6) is 0 Å². The maximum atomic E-state index is 9.33. The smallest absolute Gasteiger partial charge is 0.155 e. The molecule has 0 aliphatic carbocycles. The molecule has 0 saturated heterocycles. The van der Waals surface area contributed by atoms with Crippen LogP contribution < -0.4 is 5.36 Å². The molecule has 0 atom stereocenters. The van der Waals surface area contributed by atoms with E-state index in [9.17, 15) is 5.21 Å². The van der Waals surface area contributed by atoms with Gasteiger partial charge in [-0.05, 0) is 30.5 Å². The molecule has 0 bridgehead atoms. The van der Waals surface area contributed by atoms with E-state index >= 15 is 0 Å². The molecule has 4 rings (SSSR count). The van der Waals surface area contributed by atoms with Gasteiger partial charge in [0.25, 0.3) is 0 Å². The van der Waals surface area contributed by atoms with E-state index in [0.717, 1.165) is 21.7 Å². The summed E-state index contributed by atoms with van der Waals surface area (Å²) in [6, 6.07) is 17.5. The zero-order valence-electron chi connectivity index (χ0n) is 12.5. The Labute approximate surface area is 132 Å². The van der Waals surface area contributed by atoms with Crippen molar-refractivity contribution in [2.45, 2.75) is 6.92 Å². The van der Waals surface area contributed by atoms with Gasteiger partial charge in [-0.2, -0.15) is 0 Å². The Kier molecular flexibility index (Phi) is 3.08. The number of rotatable bonds is 1. The van der Waals surface area contributed by atoms with Crippen LogP contribution in [-0.2, 0) is 0 Å². The third-order valence-electron chi connectivity index (χ3n) is 3.89. The minimum absolute atomic E-state index is 0.472. The van der Waals surface area contributed by atoms with E-state index in [0.29, 0.717) is 22.4 Å². The highest BCUT2D eigenvalue weighted by atomic mass is 16.4. The van der Waals surface area contributed by atoms with Gasteiger partial charge in [0, 0.05) is 23.0 Å². The Morgan fingerprint density at radius 2 is 1.83 bits per heavy atom. The lowest BCUT2D eigenvalue weighted by Gasteiger charge is -2.05. The number of benzene rings is 2. The van der Waals surface area contributed by atoms with Crippen LogP contribution in [0.3, 0.4) is 0 Å². The maximum absolute atomic E-state index is 9.33. The van der Waals surface area contributed by atoms with Gasteiger partial charge in [-0.3, -0.25) is 4.98 Å². The molecular formula is C19H14N2O2. The molecule has 0 radical (unpaired) electrons. The Morgan fingerprint density at radius 1 is 1.00 bits per heavy atom. The molecule has 4 heteroatoms. The molecular weight excluding hydrogens is 288 g/mol. The lowest BCUT2D eigenvalue weighted by atomic mass is 10.1. The SMILES string of the molecule is Cc1ccc2oc(-c3cc4ccccc4cn3)cc(=NO)c2c1. The van der Waals surface area contributed by atoms with Gasteiger partial charge < -0.3 is 9.62 Å². The van der Waals surface area contributed by atoms with Gasteiger partial charge in [0.05, 0.1) is 0 Å². The number of fused-ring (bicyclic) bond motifs is 2. The summed E-state index contributed by atoms with van der Waals surface area (Å²) in [4.78, 5) is 4.46. The van der Waals surface area contributed by atoms with Gasteiger partial charge in [-0.15, -0.1) is 0 Å². The monoisotopic (exact) mass is 302 g/mol. The summed E-state index contributed by atoms with van der Waals surface area (Å²) < 4.78 is 5.96. The van der Waals surface area contributed by atoms with Crippen LogP contribution in [0.25, 0.3) is 33.2 Å². The first-order chi connectivity index (χ1) is 11.2. The predicted octanol–water partition coefficient (Wildman–Crippen LogP) is 4.25. The van der Waals surface area contributed by atoms with Crippen LogP contribution in [0, 0.1) is 6.92 Å². The third-order valence-corrected chi connectivity index (χ3v) is 3.89. The highest BCUT2D eigenvalue weighted by molar-refractivity contribution is 5.85. The van der Waals surface area contributed by atoms with Crippen molar-refractivity contribution in [2.75, 3.05) is 0 Å².